The molecule has 2 heterocycles. The van der Waals surface area contributed by atoms with Gasteiger partial charge in [0.05, 0.1) is 0 Å². The Kier molecular flexibility index (Phi) is 5.69. The van der Waals surface area contributed by atoms with Crippen molar-refractivity contribution >= 4 is 46.4 Å². The van der Waals surface area contributed by atoms with Crippen molar-refractivity contribution in [3.05, 3.63) is 81.9 Å². The zero-order valence-electron chi connectivity index (χ0n) is 14.2. The van der Waals surface area contributed by atoms with Crippen LogP contribution in [0.4, 0.5) is 11.4 Å². The van der Waals surface area contributed by atoms with Gasteiger partial charge in [0.25, 0.3) is 11.8 Å². The Morgan fingerprint density at radius 3 is 2.15 bits per heavy atom. The maximum absolute atomic E-state index is 12.4. The van der Waals surface area contributed by atoms with E-state index in [1.165, 1.54) is 12.1 Å². The van der Waals surface area contributed by atoms with Gasteiger partial charge in [-0.2, -0.15) is 0 Å². The van der Waals surface area contributed by atoms with E-state index < -0.39 is 5.91 Å². The summed E-state index contributed by atoms with van der Waals surface area (Å²) in [6.07, 6.45) is 3.09. The molecule has 0 aliphatic carbocycles. The Morgan fingerprint density at radius 2 is 1.48 bits per heavy atom. The number of benzene rings is 1. The Hall–Kier alpha value is -2.96. The quantitative estimate of drug-likeness (QED) is 0.626. The van der Waals surface area contributed by atoms with Crippen LogP contribution in [0.1, 0.15) is 26.3 Å². The zero-order valence-corrected chi connectivity index (χ0v) is 15.7. The second-order valence-corrected chi connectivity index (χ2v) is 6.45. The molecule has 3 aromatic rings. The van der Waals surface area contributed by atoms with E-state index >= 15 is 0 Å². The maximum Gasteiger partial charge on any atom is 0.255 e. The third-order valence-electron chi connectivity index (χ3n) is 3.71. The minimum absolute atomic E-state index is 0.127. The van der Waals surface area contributed by atoms with Gasteiger partial charge in [0.15, 0.2) is 0 Å². The number of nitrogens with zero attached hydrogens (tertiary/aromatic N) is 2. The molecule has 136 valence electrons. The minimum Gasteiger partial charge on any atom is -0.322 e. The number of hydrogen-bond donors (Lipinski definition) is 2. The number of rotatable bonds is 4. The highest BCUT2D eigenvalue weighted by Crippen LogP contribution is 2.22. The molecule has 0 bridgehead atoms. The number of aromatic nitrogens is 2. The van der Waals surface area contributed by atoms with Gasteiger partial charge in [-0.05, 0) is 48.9 Å². The molecular formula is C19H14Cl2N4O2. The van der Waals surface area contributed by atoms with E-state index in [1.807, 2.05) is 6.92 Å². The largest absolute Gasteiger partial charge is 0.322 e. The SMILES string of the molecule is Cc1ccc(NC(=O)c2cc(Cl)nc(Cl)c2)cc1NC(=O)c1ccncc1. The fraction of sp³-hybridized carbons (Fsp3) is 0.0526. The molecule has 0 spiro atoms. The zero-order chi connectivity index (χ0) is 19.4. The summed E-state index contributed by atoms with van der Waals surface area (Å²) in [5, 5.41) is 5.83. The van der Waals surface area contributed by atoms with E-state index in [9.17, 15) is 9.59 Å². The molecule has 27 heavy (non-hydrogen) atoms. The molecule has 0 unspecified atom stereocenters. The molecule has 0 aliphatic heterocycles. The van der Waals surface area contributed by atoms with Crippen LogP contribution in [0.3, 0.4) is 0 Å². The summed E-state index contributed by atoms with van der Waals surface area (Å²) in [5.41, 5.74) is 2.72. The standard InChI is InChI=1S/C19H14Cl2N4O2/c1-11-2-3-14(23-19(27)13-8-16(20)25-17(21)9-13)10-15(11)24-18(26)12-4-6-22-7-5-12/h2-10H,1H3,(H,23,27)(H,24,26). The van der Waals surface area contributed by atoms with Gasteiger partial charge in [-0.1, -0.05) is 29.3 Å². The van der Waals surface area contributed by atoms with Gasteiger partial charge in [0, 0.05) is 34.9 Å². The number of halogens is 2. The van der Waals surface area contributed by atoms with Crippen LogP contribution in [0, 0.1) is 6.92 Å². The second kappa shape index (κ2) is 8.16. The third kappa shape index (κ3) is 4.81. The summed E-state index contributed by atoms with van der Waals surface area (Å²) in [4.78, 5) is 32.4. The Balaban J connectivity index is 1.78. The number of nitrogens with one attached hydrogen (secondary N) is 2. The van der Waals surface area contributed by atoms with Gasteiger partial charge in [0.1, 0.15) is 10.3 Å². The minimum atomic E-state index is -0.392. The number of amides is 2. The second-order valence-electron chi connectivity index (χ2n) is 5.68. The molecule has 0 saturated heterocycles. The highest BCUT2D eigenvalue weighted by molar-refractivity contribution is 6.33. The van der Waals surface area contributed by atoms with Gasteiger partial charge in [-0.15, -0.1) is 0 Å². The Morgan fingerprint density at radius 1 is 0.852 bits per heavy atom. The molecule has 0 saturated carbocycles. The van der Waals surface area contributed by atoms with Crippen LogP contribution in [0.25, 0.3) is 0 Å². The van der Waals surface area contributed by atoms with E-state index in [-0.39, 0.29) is 21.8 Å². The summed E-state index contributed by atoms with van der Waals surface area (Å²) >= 11 is 11.7. The maximum atomic E-state index is 12.4. The summed E-state index contributed by atoms with van der Waals surface area (Å²) < 4.78 is 0. The van der Waals surface area contributed by atoms with Crippen molar-refractivity contribution in [1.82, 2.24) is 9.97 Å². The van der Waals surface area contributed by atoms with Crippen LogP contribution in [-0.2, 0) is 0 Å². The lowest BCUT2D eigenvalue weighted by Crippen LogP contribution is -2.15. The highest BCUT2D eigenvalue weighted by atomic mass is 35.5. The fourth-order valence-electron chi connectivity index (χ4n) is 2.33. The molecule has 2 amide bonds. The van der Waals surface area contributed by atoms with Crippen LogP contribution in [0.5, 0.6) is 0 Å². The molecule has 0 fully saturated rings. The predicted octanol–water partition coefficient (Wildman–Crippen LogP) is 4.60. The Bertz CT molecular complexity index is 990. The monoisotopic (exact) mass is 400 g/mol. The van der Waals surface area contributed by atoms with E-state index in [2.05, 4.69) is 20.6 Å². The first kappa shape index (κ1) is 18.8. The van der Waals surface area contributed by atoms with Crippen molar-refractivity contribution in [2.24, 2.45) is 0 Å². The predicted molar refractivity (Wildman–Crippen MR) is 106 cm³/mol. The van der Waals surface area contributed by atoms with Crippen LogP contribution in [-0.4, -0.2) is 21.8 Å². The van der Waals surface area contributed by atoms with Gasteiger partial charge in [0.2, 0.25) is 0 Å². The number of aryl methyl sites for hydroxylation is 1. The molecular weight excluding hydrogens is 387 g/mol. The van der Waals surface area contributed by atoms with Crippen molar-refractivity contribution in [3.8, 4) is 0 Å². The van der Waals surface area contributed by atoms with Crippen LogP contribution in [0.15, 0.2) is 54.9 Å². The number of carbonyl (C=O) groups excluding carboxylic acids is 2. The van der Waals surface area contributed by atoms with E-state index in [1.54, 1.807) is 42.7 Å². The summed E-state index contributed by atoms with van der Waals surface area (Å²) in [7, 11) is 0. The van der Waals surface area contributed by atoms with E-state index in [0.29, 0.717) is 16.9 Å². The van der Waals surface area contributed by atoms with Crippen LogP contribution < -0.4 is 10.6 Å². The van der Waals surface area contributed by atoms with Crippen molar-refractivity contribution in [3.63, 3.8) is 0 Å². The molecule has 2 aromatic heterocycles. The molecule has 8 heteroatoms. The Labute approximate surface area is 165 Å². The molecule has 0 atom stereocenters. The van der Waals surface area contributed by atoms with Crippen molar-refractivity contribution in [2.45, 2.75) is 6.92 Å². The lowest BCUT2D eigenvalue weighted by molar-refractivity contribution is 0.101. The first-order valence-electron chi connectivity index (χ1n) is 7.89. The average molecular weight is 401 g/mol. The number of carbonyl (C=O) groups is 2. The first-order chi connectivity index (χ1) is 12.9. The molecule has 2 N–H and O–H groups in total. The van der Waals surface area contributed by atoms with Crippen LogP contribution in [0.2, 0.25) is 10.3 Å². The van der Waals surface area contributed by atoms with E-state index in [4.69, 9.17) is 23.2 Å². The fourth-order valence-corrected chi connectivity index (χ4v) is 2.79. The normalized spacial score (nSPS) is 10.3. The van der Waals surface area contributed by atoms with Gasteiger partial charge >= 0.3 is 0 Å². The van der Waals surface area contributed by atoms with Crippen molar-refractivity contribution < 1.29 is 9.59 Å². The van der Waals surface area contributed by atoms with E-state index in [0.717, 1.165) is 5.56 Å². The topological polar surface area (TPSA) is 84.0 Å². The van der Waals surface area contributed by atoms with Gasteiger partial charge in [-0.3, -0.25) is 14.6 Å². The van der Waals surface area contributed by atoms with Crippen LogP contribution >= 0.6 is 23.2 Å². The molecule has 6 nitrogen and oxygen atoms in total. The smallest absolute Gasteiger partial charge is 0.255 e. The lowest BCUT2D eigenvalue weighted by atomic mass is 10.1. The molecule has 0 aliphatic rings. The van der Waals surface area contributed by atoms with Gasteiger partial charge in [-0.25, -0.2) is 4.98 Å². The number of anilines is 2. The average Bonchev–Trinajstić information content (AvgIpc) is 2.64. The summed E-state index contributed by atoms with van der Waals surface area (Å²) in [6, 6.07) is 11.3. The molecule has 0 radical (unpaired) electrons. The molecule has 3 rings (SSSR count). The first-order valence-corrected chi connectivity index (χ1v) is 8.64. The highest BCUT2D eigenvalue weighted by Gasteiger charge is 2.12. The summed E-state index contributed by atoms with van der Waals surface area (Å²) in [6.45, 7) is 1.86. The van der Waals surface area contributed by atoms with Crippen molar-refractivity contribution in [2.75, 3.05) is 10.6 Å². The van der Waals surface area contributed by atoms with Crippen molar-refractivity contribution in [1.29, 1.82) is 0 Å². The number of hydrogen-bond acceptors (Lipinski definition) is 4. The summed E-state index contributed by atoms with van der Waals surface area (Å²) in [5.74, 6) is -0.659. The van der Waals surface area contributed by atoms with Gasteiger partial charge < -0.3 is 10.6 Å². The lowest BCUT2D eigenvalue weighted by Gasteiger charge is -2.12. The third-order valence-corrected chi connectivity index (χ3v) is 4.10. The number of pyridine rings is 2. The molecule has 1 aromatic carbocycles.